The van der Waals surface area contributed by atoms with Crippen molar-refractivity contribution in [3.05, 3.63) is 53.6 Å². The van der Waals surface area contributed by atoms with Gasteiger partial charge in [-0.3, -0.25) is 0 Å². The van der Waals surface area contributed by atoms with Gasteiger partial charge in [0.1, 0.15) is 11.6 Å². The van der Waals surface area contributed by atoms with Crippen LogP contribution in [0.4, 0.5) is 8.78 Å². The lowest BCUT2D eigenvalue weighted by Gasteiger charge is -2.02. The highest BCUT2D eigenvalue weighted by atomic mass is 35.5. The molecule has 0 saturated heterocycles. The Balaban J connectivity index is 2.19. The average molecular weight is 243 g/mol. The van der Waals surface area contributed by atoms with E-state index in [1.54, 1.807) is 17.1 Å². The van der Waals surface area contributed by atoms with Crippen molar-refractivity contribution >= 4 is 11.6 Å². The summed E-state index contributed by atoms with van der Waals surface area (Å²) in [7, 11) is 0. The maximum atomic E-state index is 12.9. The average Bonchev–Trinajstić information content (AvgIpc) is 2.64. The third-order valence-electron chi connectivity index (χ3n) is 2.11. The van der Waals surface area contributed by atoms with Gasteiger partial charge in [-0.1, -0.05) is 0 Å². The standard InChI is InChI=1S/C11H9ClF2N2/c12-4-11-6-16(7-15-11)5-8-1-9(13)3-10(14)2-8/h1-3,6-7H,4-5H2. The summed E-state index contributed by atoms with van der Waals surface area (Å²) < 4.78 is 27.6. The Morgan fingerprint density at radius 2 is 1.88 bits per heavy atom. The van der Waals surface area contributed by atoms with Crippen molar-refractivity contribution in [2.45, 2.75) is 12.4 Å². The molecule has 5 heteroatoms. The van der Waals surface area contributed by atoms with Crippen LogP contribution in [0.15, 0.2) is 30.7 Å². The van der Waals surface area contributed by atoms with Crippen LogP contribution in [0, 0.1) is 11.6 Å². The molecule has 16 heavy (non-hydrogen) atoms. The maximum absolute atomic E-state index is 12.9. The molecule has 0 unspecified atom stereocenters. The lowest BCUT2D eigenvalue weighted by atomic mass is 10.2. The molecule has 0 bridgehead atoms. The lowest BCUT2D eigenvalue weighted by Crippen LogP contribution is -1.98. The van der Waals surface area contributed by atoms with Crippen molar-refractivity contribution in [2.24, 2.45) is 0 Å². The highest BCUT2D eigenvalue weighted by Gasteiger charge is 2.02. The van der Waals surface area contributed by atoms with Gasteiger partial charge in [-0.2, -0.15) is 0 Å². The van der Waals surface area contributed by atoms with E-state index >= 15 is 0 Å². The highest BCUT2D eigenvalue weighted by molar-refractivity contribution is 6.16. The molecule has 0 spiro atoms. The van der Waals surface area contributed by atoms with E-state index in [4.69, 9.17) is 11.6 Å². The molecule has 0 aliphatic carbocycles. The van der Waals surface area contributed by atoms with Gasteiger partial charge in [0.05, 0.1) is 17.9 Å². The van der Waals surface area contributed by atoms with Crippen LogP contribution in [-0.4, -0.2) is 9.55 Å². The van der Waals surface area contributed by atoms with E-state index in [0.717, 1.165) is 11.8 Å². The van der Waals surface area contributed by atoms with Crippen LogP contribution in [0.25, 0.3) is 0 Å². The quantitative estimate of drug-likeness (QED) is 0.757. The minimum Gasteiger partial charge on any atom is -0.333 e. The van der Waals surface area contributed by atoms with Gasteiger partial charge in [0, 0.05) is 18.8 Å². The Kier molecular flexibility index (Phi) is 3.19. The molecular weight excluding hydrogens is 234 g/mol. The third-order valence-corrected chi connectivity index (χ3v) is 2.38. The molecule has 0 radical (unpaired) electrons. The Hall–Kier alpha value is -1.42. The summed E-state index contributed by atoms with van der Waals surface area (Å²) in [6.45, 7) is 0.374. The van der Waals surface area contributed by atoms with Crippen LogP contribution < -0.4 is 0 Å². The first-order valence-electron chi connectivity index (χ1n) is 4.69. The number of benzene rings is 1. The molecule has 1 aromatic carbocycles. The first-order valence-corrected chi connectivity index (χ1v) is 5.22. The molecule has 2 aromatic rings. The topological polar surface area (TPSA) is 17.8 Å². The molecule has 0 amide bonds. The largest absolute Gasteiger partial charge is 0.333 e. The summed E-state index contributed by atoms with van der Waals surface area (Å²) in [4.78, 5) is 4.02. The molecule has 0 N–H and O–H groups in total. The number of rotatable bonds is 3. The number of hydrogen-bond donors (Lipinski definition) is 0. The smallest absolute Gasteiger partial charge is 0.126 e. The number of halogens is 3. The molecule has 0 fully saturated rings. The van der Waals surface area contributed by atoms with Gasteiger partial charge in [-0.05, 0) is 17.7 Å². The second kappa shape index (κ2) is 4.61. The van der Waals surface area contributed by atoms with Crippen LogP contribution in [-0.2, 0) is 12.4 Å². The second-order valence-electron chi connectivity index (χ2n) is 3.45. The number of nitrogens with zero attached hydrogens (tertiary/aromatic N) is 2. The van der Waals surface area contributed by atoms with E-state index in [1.807, 2.05) is 0 Å². The van der Waals surface area contributed by atoms with Gasteiger partial charge in [-0.25, -0.2) is 13.8 Å². The zero-order valence-corrected chi connectivity index (χ0v) is 9.09. The van der Waals surface area contributed by atoms with Crippen molar-refractivity contribution in [3.8, 4) is 0 Å². The number of aromatic nitrogens is 2. The zero-order valence-electron chi connectivity index (χ0n) is 8.33. The van der Waals surface area contributed by atoms with Gasteiger partial charge in [-0.15, -0.1) is 11.6 Å². The molecule has 1 aromatic heterocycles. The molecule has 2 nitrogen and oxygen atoms in total. The first-order chi connectivity index (χ1) is 7.67. The minimum atomic E-state index is -0.576. The predicted molar refractivity (Wildman–Crippen MR) is 57.2 cm³/mol. The summed E-state index contributed by atoms with van der Waals surface area (Å²) in [5, 5.41) is 0. The van der Waals surface area contributed by atoms with Gasteiger partial charge in [0.25, 0.3) is 0 Å². The van der Waals surface area contributed by atoms with E-state index in [2.05, 4.69) is 4.98 Å². The van der Waals surface area contributed by atoms with E-state index in [-0.39, 0.29) is 0 Å². The highest BCUT2D eigenvalue weighted by Crippen LogP contribution is 2.10. The Labute approximate surface area is 96.5 Å². The summed E-state index contributed by atoms with van der Waals surface area (Å²) in [5.74, 6) is -0.829. The number of hydrogen-bond acceptors (Lipinski definition) is 1. The van der Waals surface area contributed by atoms with Crippen LogP contribution in [0.1, 0.15) is 11.3 Å². The van der Waals surface area contributed by atoms with Gasteiger partial charge in [0.15, 0.2) is 0 Å². The summed E-state index contributed by atoms with van der Waals surface area (Å²) in [6.07, 6.45) is 3.33. The fraction of sp³-hybridized carbons (Fsp3) is 0.182. The molecule has 0 atom stereocenters. The fourth-order valence-electron chi connectivity index (χ4n) is 1.47. The molecule has 0 aliphatic rings. The van der Waals surface area contributed by atoms with Crippen LogP contribution in [0.3, 0.4) is 0 Å². The van der Waals surface area contributed by atoms with Crippen molar-refractivity contribution in [1.29, 1.82) is 0 Å². The fourth-order valence-corrected chi connectivity index (χ4v) is 1.61. The van der Waals surface area contributed by atoms with Crippen LogP contribution in [0.2, 0.25) is 0 Å². The SMILES string of the molecule is Fc1cc(F)cc(Cn2cnc(CCl)c2)c1. The maximum Gasteiger partial charge on any atom is 0.126 e. The summed E-state index contributed by atoms with van der Waals surface area (Å²) in [6, 6.07) is 3.44. The molecular formula is C11H9ClF2N2. The van der Waals surface area contributed by atoms with Crippen LogP contribution >= 0.6 is 11.6 Å². The number of alkyl halides is 1. The van der Waals surface area contributed by atoms with Gasteiger partial charge >= 0.3 is 0 Å². The van der Waals surface area contributed by atoms with E-state index < -0.39 is 11.6 Å². The van der Waals surface area contributed by atoms with Crippen molar-refractivity contribution in [1.82, 2.24) is 9.55 Å². The van der Waals surface area contributed by atoms with E-state index in [9.17, 15) is 8.78 Å². The molecule has 84 valence electrons. The Morgan fingerprint density at radius 3 is 2.44 bits per heavy atom. The van der Waals surface area contributed by atoms with E-state index in [0.29, 0.717) is 18.0 Å². The predicted octanol–water partition coefficient (Wildman–Crippen LogP) is 2.95. The molecule has 1 heterocycles. The minimum absolute atomic E-state index is 0.324. The monoisotopic (exact) mass is 242 g/mol. The van der Waals surface area contributed by atoms with E-state index in [1.165, 1.54) is 12.1 Å². The van der Waals surface area contributed by atoms with Crippen molar-refractivity contribution in [2.75, 3.05) is 0 Å². The van der Waals surface area contributed by atoms with Gasteiger partial charge < -0.3 is 4.57 Å². The second-order valence-corrected chi connectivity index (χ2v) is 3.72. The van der Waals surface area contributed by atoms with Crippen molar-refractivity contribution in [3.63, 3.8) is 0 Å². The van der Waals surface area contributed by atoms with Gasteiger partial charge in [0.2, 0.25) is 0 Å². The lowest BCUT2D eigenvalue weighted by molar-refractivity contribution is 0.577. The normalized spacial score (nSPS) is 10.7. The molecule has 0 aliphatic heterocycles. The third kappa shape index (κ3) is 2.58. The Morgan fingerprint density at radius 1 is 1.19 bits per heavy atom. The summed E-state index contributed by atoms with van der Waals surface area (Å²) in [5.41, 5.74) is 1.29. The summed E-state index contributed by atoms with van der Waals surface area (Å²) >= 11 is 5.60. The molecule has 2 rings (SSSR count). The molecule has 0 saturated carbocycles. The zero-order chi connectivity index (χ0) is 11.5. The number of imidazole rings is 1. The Bertz CT molecular complexity index is 476. The van der Waals surface area contributed by atoms with Crippen LogP contribution in [0.5, 0.6) is 0 Å². The van der Waals surface area contributed by atoms with Crippen molar-refractivity contribution < 1.29 is 8.78 Å². The first kappa shape index (κ1) is 11.1.